The molecule has 0 aliphatic carbocycles. The highest BCUT2D eigenvalue weighted by Crippen LogP contribution is 2.44. The number of hydrogen-bond acceptors (Lipinski definition) is 8. The van der Waals surface area contributed by atoms with Crippen LogP contribution in [0.5, 0.6) is 0 Å². The van der Waals surface area contributed by atoms with E-state index in [1.165, 1.54) is 28.0 Å². The van der Waals surface area contributed by atoms with Crippen LogP contribution in [0.4, 0.5) is 5.13 Å². The summed E-state index contributed by atoms with van der Waals surface area (Å²) in [7, 11) is 0. The van der Waals surface area contributed by atoms with Crippen molar-refractivity contribution < 1.29 is 14.7 Å². The van der Waals surface area contributed by atoms with Gasteiger partial charge in [0.05, 0.1) is 17.3 Å². The first-order chi connectivity index (χ1) is 19.9. The molecule has 41 heavy (non-hydrogen) atoms. The molecule has 1 atom stereocenters. The number of benzene rings is 2. The molecule has 3 aromatic heterocycles. The third-order valence-corrected chi connectivity index (χ3v) is 9.39. The van der Waals surface area contributed by atoms with Gasteiger partial charge in [-0.05, 0) is 48.6 Å². The number of thioether (sulfide) groups is 1. The van der Waals surface area contributed by atoms with Crippen molar-refractivity contribution in [3.63, 3.8) is 0 Å². The number of aliphatic hydroxyl groups excluding tert-OH is 1. The van der Waals surface area contributed by atoms with Crippen LogP contribution >= 0.6 is 23.1 Å². The van der Waals surface area contributed by atoms with E-state index in [0.717, 1.165) is 23.1 Å². The van der Waals surface area contributed by atoms with Crippen LogP contribution in [0, 0.1) is 13.8 Å². The molecule has 8 nitrogen and oxygen atoms in total. The lowest BCUT2D eigenvalue weighted by atomic mass is 9.95. The number of fused-ring (bicyclic) bond motifs is 1. The van der Waals surface area contributed by atoms with Gasteiger partial charge in [0.15, 0.2) is 10.1 Å². The van der Waals surface area contributed by atoms with E-state index >= 15 is 0 Å². The standard InChI is InChI=1S/C31H27N5O3S2/c1-4-20-12-14-22(15-13-20)25-23(26(37)24-19(3)35-16-8-9-18(2)28(35)32-24)27(38)29(39)36(25)30-33-34-31(41-30)40-17-21-10-6-5-7-11-21/h5-16,25,37H,4,17H2,1-3H3. The summed E-state index contributed by atoms with van der Waals surface area (Å²) in [5.41, 5.74) is 5.47. The van der Waals surface area contributed by atoms with Crippen molar-refractivity contribution in [2.75, 3.05) is 4.90 Å². The van der Waals surface area contributed by atoms with Crippen LogP contribution in [0.3, 0.4) is 0 Å². The summed E-state index contributed by atoms with van der Waals surface area (Å²) in [4.78, 5) is 33.3. The quantitative estimate of drug-likeness (QED) is 0.0793. The van der Waals surface area contributed by atoms with Crippen LogP contribution in [0.2, 0.25) is 0 Å². The summed E-state index contributed by atoms with van der Waals surface area (Å²) < 4.78 is 2.55. The summed E-state index contributed by atoms with van der Waals surface area (Å²) in [6.45, 7) is 5.82. The average molecular weight is 582 g/mol. The molecular weight excluding hydrogens is 555 g/mol. The SMILES string of the molecule is CCc1ccc(C2C(=C(O)c3nc4c(C)cccn4c3C)C(=O)C(=O)N2c2nnc(SCc3ccccc3)s2)cc1. The highest BCUT2D eigenvalue weighted by Gasteiger charge is 2.48. The first kappa shape index (κ1) is 26.9. The van der Waals surface area contributed by atoms with E-state index in [0.29, 0.717) is 32.1 Å². The second kappa shape index (κ2) is 10.9. The van der Waals surface area contributed by atoms with E-state index in [4.69, 9.17) is 0 Å². The highest BCUT2D eigenvalue weighted by atomic mass is 32.2. The second-order valence-corrected chi connectivity index (χ2v) is 12.0. The van der Waals surface area contributed by atoms with Gasteiger partial charge in [0, 0.05) is 11.9 Å². The van der Waals surface area contributed by atoms with Crippen molar-refractivity contribution in [2.24, 2.45) is 0 Å². The summed E-state index contributed by atoms with van der Waals surface area (Å²) in [6.07, 6.45) is 2.70. The maximum absolute atomic E-state index is 13.6. The number of hydrogen-bond donors (Lipinski definition) is 1. The van der Waals surface area contributed by atoms with Crippen molar-refractivity contribution in [2.45, 2.75) is 43.3 Å². The van der Waals surface area contributed by atoms with E-state index in [2.05, 4.69) is 22.1 Å². The Balaban J connectivity index is 1.45. The molecule has 1 saturated heterocycles. The first-order valence-electron chi connectivity index (χ1n) is 13.2. The summed E-state index contributed by atoms with van der Waals surface area (Å²) >= 11 is 2.76. The zero-order valence-electron chi connectivity index (χ0n) is 22.7. The molecule has 2 aromatic carbocycles. The number of anilines is 1. The van der Waals surface area contributed by atoms with E-state index in [9.17, 15) is 14.7 Å². The van der Waals surface area contributed by atoms with Gasteiger partial charge in [0.2, 0.25) is 5.13 Å². The van der Waals surface area contributed by atoms with Crippen molar-refractivity contribution in [1.29, 1.82) is 0 Å². The summed E-state index contributed by atoms with van der Waals surface area (Å²) in [5.74, 6) is -1.15. The molecular formula is C31H27N5O3S2. The summed E-state index contributed by atoms with van der Waals surface area (Å²) in [5, 5.41) is 20.6. The fourth-order valence-electron chi connectivity index (χ4n) is 5.03. The molecule has 1 aliphatic rings. The van der Waals surface area contributed by atoms with E-state index in [-0.39, 0.29) is 17.0 Å². The molecule has 206 valence electrons. The topological polar surface area (TPSA) is 101 Å². The zero-order valence-corrected chi connectivity index (χ0v) is 24.4. The van der Waals surface area contributed by atoms with Crippen LogP contribution in [-0.2, 0) is 21.8 Å². The van der Waals surface area contributed by atoms with Crippen molar-refractivity contribution in [3.8, 4) is 0 Å². The Morgan fingerprint density at radius 2 is 1.73 bits per heavy atom. The number of nitrogens with zero attached hydrogens (tertiary/aromatic N) is 5. The lowest BCUT2D eigenvalue weighted by Gasteiger charge is -2.22. The molecule has 5 aromatic rings. The lowest BCUT2D eigenvalue weighted by molar-refractivity contribution is -0.132. The monoisotopic (exact) mass is 581 g/mol. The molecule has 1 aliphatic heterocycles. The van der Waals surface area contributed by atoms with Crippen LogP contribution < -0.4 is 4.90 Å². The van der Waals surface area contributed by atoms with Crippen LogP contribution in [0.1, 0.15) is 46.6 Å². The molecule has 1 N–H and O–H groups in total. The third-order valence-electron chi connectivity index (χ3n) is 7.26. The van der Waals surface area contributed by atoms with Crippen molar-refractivity contribution in [1.82, 2.24) is 19.6 Å². The van der Waals surface area contributed by atoms with Crippen LogP contribution in [-0.4, -0.2) is 36.4 Å². The second-order valence-electron chi connectivity index (χ2n) is 9.82. The largest absolute Gasteiger partial charge is 0.505 e. The lowest BCUT2D eigenvalue weighted by Crippen LogP contribution is -2.29. The molecule has 10 heteroatoms. The van der Waals surface area contributed by atoms with E-state index < -0.39 is 17.7 Å². The number of imidazole rings is 1. The average Bonchev–Trinajstić information content (AvgIpc) is 3.67. The Morgan fingerprint density at radius 1 is 0.976 bits per heavy atom. The minimum Gasteiger partial charge on any atom is -0.505 e. The minimum atomic E-state index is -0.883. The predicted octanol–water partition coefficient (Wildman–Crippen LogP) is 6.28. The Bertz CT molecular complexity index is 1810. The molecule has 0 radical (unpaired) electrons. The van der Waals surface area contributed by atoms with Gasteiger partial charge in [0.1, 0.15) is 11.3 Å². The van der Waals surface area contributed by atoms with Gasteiger partial charge in [0.25, 0.3) is 5.78 Å². The Morgan fingerprint density at radius 3 is 2.44 bits per heavy atom. The molecule has 1 fully saturated rings. The zero-order chi connectivity index (χ0) is 28.7. The fourth-order valence-corrected chi connectivity index (χ4v) is 6.86. The van der Waals surface area contributed by atoms with Gasteiger partial charge in [-0.15, -0.1) is 10.2 Å². The number of aliphatic hydroxyl groups is 1. The molecule has 0 saturated carbocycles. The number of carbonyl (C=O) groups excluding carboxylic acids is 2. The van der Waals surface area contributed by atoms with Crippen LogP contribution in [0.15, 0.2) is 82.8 Å². The Kier molecular flexibility index (Phi) is 7.19. The number of aromatic nitrogens is 4. The number of ketones is 1. The van der Waals surface area contributed by atoms with E-state index in [1.807, 2.05) is 91.2 Å². The normalized spacial score (nSPS) is 16.7. The predicted molar refractivity (Wildman–Crippen MR) is 161 cm³/mol. The number of carbonyl (C=O) groups is 2. The molecule has 6 rings (SSSR count). The molecule has 1 unspecified atom stereocenters. The van der Waals surface area contributed by atoms with Crippen molar-refractivity contribution >= 4 is 51.3 Å². The van der Waals surface area contributed by atoms with Gasteiger partial charge >= 0.3 is 5.91 Å². The molecule has 0 bridgehead atoms. The number of rotatable bonds is 7. The smallest absolute Gasteiger partial charge is 0.301 e. The van der Waals surface area contributed by atoms with Gasteiger partial charge < -0.3 is 9.51 Å². The number of pyridine rings is 1. The number of aryl methyl sites for hydroxylation is 3. The summed E-state index contributed by atoms with van der Waals surface area (Å²) in [6, 6.07) is 20.7. The van der Waals surface area contributed by atoms with E-state index in [1.54, 1.807) is 0 Å². The molecule has 4 heterocycles. The Hall–Kier alpha value is -4.28. The van der Waals surface area contributed by atoms with Gasteiger partial charge in [-0.25, -0.2) is 4.98 Å². The molecule has 1 amide bonds. The number of Topliss-reactive ketones (excluding diaryl/α,β-unsaturated/α-hetero) is 1. The minimum absolute atomic E-state index is 0.0166. The van der Waals surface area contributed by atoms with Gasteiger partial charge in [-0.3, -0.25) is 14.5 Å². The fraction of sp³-hybridized carbons (Fsp3) is 0.194. The Labute approximate surface area is 245 Å². The third kappa shape index (κ3) is 4.83. The number of amides is 1. The van der Waals surface area contributed by atoms with Crippen molar-refractivity contribution in [3.05, 3.63) is 112 Å². The van der Waals surface area contributed by atoms with Crippen LogP contribution in [0.25, 0.3) is 11.4 Å². The van der Waals surface area contributed by atoms with Gasteiger partial charge in [-0.2, -0.15) is 0 Å². The first-order valence-corrected chi connectivity index (χ1v) is 15.0. The highest BCUT2D eigenvalue weighted by molar-refractivity contribution is 8.00. The molecule has 0 spiro atoms. The maximum Gasteiger partial charge on any atom is 0.301 e. The maximum atomic E-state index is 13.6. The van der Waals surface area contributed by atoms with Gasteiger partial charge in [-0.1, -0.05) is 90.7 Å².